The van der Waals surface area contributed by atoms with E-state index in [1.54, 1.807) is 24.9 Å². The summed E-state index contributed by atoms with van der Waals surface area (Å²) in [6.45, 7) is 2.18. The Morgan fingerprint density at radius 2 is 2.11 bits per heavy atom. The van der Waals surface area contributed by atoms with Crippen molar-refractivity contribution < 1.29 is 17.7 Å². The average molecular weight is 286 g/mol. The Bertz CT molecular complexity index is 550. The molecule has 19 heavy (non-hydrogen) atoms. The fraction of sp³-hybridized carbons (Fsp3) is 0.667. The standard InChI is InChI=1S/C12H18N2O4S/c1-9-7-11(13-18-9)8-14(2)12(15)10-3-5-19(16,17)6-4-10/h7,10H,3-6,8H2,1-2H3. The molecule has 1 aliphatic heterocycles. The largest absolute Gasteiger partial charge is 0.361 e. The summed E-state index contributed by atoms with van der Waals surface area (Å²) >= 11 is 0. The van der Waals surface area contributed by atoms with E-state index >= 15 is 0 Å². The van der Waals surface area contributed by atoms with Gasteiger partial charge in [0.05, 0.1) is 18.1 Å². The van der Waals surface area contributed by atoms with Crippen molar-refractivity contribution in [2.45, 2.75) is 26.3 Å². The first-order chi connectivity index (χ1) is 8.87. The van der Waals surface area contributed by atoms with E-state index in [0.29, 0.717) is 30.8 Å². The Balaban J connectivity index is 1.92. The van der Waals surface area contributed by atoms with Gasteiger partial charge in [-0.15, -0.1) is 0 Å². The third-order valence-electron chi connectivity index (χ3n) is 3.36. The van der Waals surface area contributed by atoms with Crippen LogP contribution in [0.15, 0.2) is 10.6 Å². The van der Waals surface area contributed by atoms with Crippen LogP contribution in [0.25, 0.3) is 0 Å². The first-order valence-electron chi connectivity index (χ1n) is 6.25. The smallest absolute Gasteiger partial charge is 0.225 e. The summed E-state index contributed by atoms with van der Waals surface area (Å²) in [5.74, 6) is 0.720. The summed E-state index contributed by atoms with van der Waals surface area (Å²) in [4.78, 5) is 13.8. The predicted octanol–water partition coefficient (Wildman–Crippen LogP) is 0.766. The summed E-state index contributed by atoms with van der Waals surface area (Å²) in [5, 5.41) is 3.84. The van der Waals surface area contributed by atoms with Crippen molar-refractivity contribution in [1.82, 2.24) is 10.1 Å². The third kappa shape index (κ3) is 3.56. The number of aromatic nitrogens is 1. The molecule has 2 heterocycles. The average Bonchev–Trinajstić information content (AvgIpc) is 2.74. The van der Waals surface area contributed by atoms with Gasteiger partial charge in [0.2, 0.25) is 5.91 Å². The molecule has 106 valence electrons. The van der Waals surface area contributed by atoms with Crippen molar-refractivity contribution in [2.24, 2.45) is 5.92 Å². The highest BCUT2D eigenvalue weighted by atomic mass is 32.2. The van der Waals surface area contributed by atoms with Crippen molar-refractivity contribution in [3.8, 4) is 0 Å². The number of hydrogen-bond donors (Lipinski definition) is 0. The molecule has 0 spiro atoms. The molecular weight excluding hydrogens is 268 g/mol. The van der Waals surface area contributed by atoms with E-state index in [4.69, 9.17) is 4.52 Å². The highest BCUT2D eigenvalue weighted by Gasteiger charge is 2.30. The van der Waals surface area contributed by atoms with Crippen LogP contribution < -0.4 is 0 Å². The first-order valence-corrected chi connectivity index (χ1v) is 8.07. The van der Waals surface area contributed by atoms with Gasteiger partial charge in [-0.25, -0.2) is 8.42 Å². The molecule has 0 radical (unpaired) electrons. The minimum absolute atomic E-state index is 0.0180. The van der Waals surface area contributed by atoms with Gasteiger partial charge in [-0.1, -0.05) is 5.16 Å². The lowest BCUT2D eigenvalue weighted by atomic mass is 10.0. The molecule has 0 bridgehead atoms. The number of hydrogen-bond acceptors (Lipinski definition) is 5. The molecule has 0 atom stereocenters. The van der Waals surface area contributed by atoms with E-state index in [1.165, 1.54) is 0 Å². The Morgan fingerprint density at radius 1 is 1.47 bits per heavy atom. The highest BCUT2D eigenvalue weighted by molar-refractivity contribution is 7.91. The summed E-state index contributed by atoms with van der Waals surface area (Å²) in [6.07, 6.45) is 0.840. The van der Waals surface area contributed by atoms with Gasteiger partial charge in [-0.05, 0) is 19.8 Å². The van der Waals surface area contributed by atoms with E-state index < -0.39 is 9.84 Å². The number of rotatable bonds is 3. The minimum atomic E-state index is -2.93. The minimum Gasteiger partial charge on any atom is -0.361 e. The topological polar surface area (TPSA) is 80.5 Å². The number of carbonyl (C=O) groups is 1. The maximum Gasteiger partial charge on any atom is 0.225 e. The van der Waals surface area contributed by atoms with Crippen LogP contribution in [0, 0.1) is 12.8 Å². The van der Waals surface area contributed by atoms with Gasteiger partial charge in [0.1, 0.15) is 21.3 Å². The fourth-order valence-electron chi connectivity index (χ4n) is 2.26. The molecule has 2 rings (SSSR count). The Labute approximate surface area is 112 Å². The van der Waals surface area contributed by atoms with Crippen LogP contribution in [-0.2, 0) is 21.2 Å². The first kappa shape index (κ1) is 14.0. The molecule has 1 saturated heterocycles. The second kappa shape index (κ2) is 5.32. The van der Waals surface area contributed by atoms with Gasteiger partial charge < -0.3 is 9.42 Å². The second-order valence-electron chi connectivity index (χ2n) is 5.05. The van der Waals surface area contributed by atoms with Gasteiger partial charge in [-0.2, -0.15) is 0 Å². The lowest BCUT2D eigenvalue weighted by Crippen LogP contribution is -2.37. The van der Waals surface area contributed by atoms with E-state index in [2.05, 4.69) is 5.16 Å². The monoisotopic (exact) mass is 286 g/mol. The quantitative estimate of drug-likeness (QED) is 0.819. The molecule has 0 N–H and O–H groups in total. The van der Waals surface area contributed by atoms with Crippen LogP contribution >= 0.6 is 0 Å². The number of aryl methyl sites for hydroxylation is 1. The van der Waals surface area contributed by atoms with E-state index in [1.807, 2.05) is 0 Å². The van der Waals surface area contributed by atoms with Crippen molar-refractivity contribution in [3.63, 3.8) is 0 Å². The number of carbonyl (C=O) groups excluding carboxylic acids is 1. The van der Waals surface area contributed by atoms with Crippen molar-refractivity contribution in [1.29, 1.82) is 0 Å². The zero-order chi connectivity index (χ0) is 14.0. The van der Waals surface area contributed by atoms with Crippen molar-refractivity contribution >= 4 is 15.7 Å². The normalized spacial score (nSPS) is 19.3. The van der Waals surface area contributed by atoms with Crippen LogP contribution in [0.2, 0.25) is 0 Å². The summed E-state index contributed by atoms with van der Waals surface area (Å²) in [7, 11) is -1.22. The van der Waals surface area contributed by atoms with E-state index in [-0.39, 0.29) is 23.3 Å². The highest BCUT2D eigenvalue weighted by Crippen LogP contribution is 2.21. The van der Waals surface area contributed by atoms with Gasteiger partial charge in [0.25, 0.3) is 0 Å². The van der Waals surface area contributed by atoms with Gasteiger partial charge in [0.15, 0.2) is 0 Å². The summed E-state index contributed by atoms with van der Waals surface area (Å²) < 4.78 is 27.6. The van der Waals surface area contributed by atoms with Crippen LogP contribution in [-0.4, -0.2) is 42.9 Å². The number of nitrogens with zero attached hydrogens (tertiary/aromatic N) is 2. The fourth-order valence-corrected chi connectivity index (χ4v) is 3.75. The van der Waals surface area contributed by atoms with E-state index in [0.717, 1.165) is 0 Å². The van der Waals surface area contributed by atoms with Gasteiger partial charge in [0, 0.05) is 19.0 Å². The molecule has 1 aromatic heterocycles. The number of amides is 1. The molecule has 1 aliphatic rings. The van der Waals surface area contributed by atoms with Crippen LogP contribution in [0.5, 0.6) is 0 Å². The molecule has 7 heteroatoms. The molecule has 0 aromatic carbocycles. The predicted molar refractivity (Wildman–Crippen MR) is 69.1 cm³/mol. The lowest BCUT2D eigenvalue weighted by Gasteiger charge is -2.25. The zero-order valence-corrected chi connectivity index (χ0v) is 11.9. The van der Waals surface area contributed by atoms with Crippen LogP contribution in [0.4, 0.5) is 0 Å². The lowest BCUT2D eigenvalue weighted by molar-refractivity contribution is -0.135. The van der Waals surface area contributed by atoms with Crippen LogP contribution in [0.3, 0.4) is 0 Å². The Hall–Kier alpha value is -1.37. The molecular formula is C12H18N2O4S. The molecule has 0 unspecified atom stereocenters. The summed E-state index contributed by atoms with van der Waals surface area (Å²) in [5.41, 5.74) is 0.705. The molecule has 1 amide bonds. The van der Waals surface area contributed by atoms with Gasteiger partial charge in [-0.3, -0.25) is 4.79 Å². The van der Waals surface area contributed by atoms with E-state index in [9.17, 15) is 13.2 Å². The molecule has 1 fully saturated rings. The maximum atomic E-state index is 12.2. The third-order valence-corrected chi connectivity index (χ3v) is 5.07. The molecule has 0 saturated carbocycles. The summed E-state index contributed by atoms with van der Waals surface area (Å²) in [6, 6.07) is 1.79. The Morgan fingerprint density at radius 3 is 2.63 bits per heavy atom. The van der Waals surface area contributed by atoms with Crippen LogP contribution in [0.1, 0.15) is 24.3 Å². The van der Waals surface area contributed by atoms with Gasteiger partial charge >= 0.3 is 0 Å². The molecule has 0 aliphatic carbocycles. The molecule has 6 nitrogen and oxygen atoms in total. The van der Waals surface area contributed by atoms with Crippen molar-refractivity contribution in [3.05, 3.63) is 17.5 Å². The number of sulfone groups is 1. The zero-order valence-electron chi connectivity index (χ0n) is 11.1. The molecule has 1 aromatic rings. The van der Waals surface area contributed by atoms with Crippen molar-refractivity contribution in [2.75, 3.05) is 18.6 Å². The Kier molecular flexibility index (Phi) is 3.93. The second-order valence-corrected chi connectivity index (χ2v) is 7.35. The SMILES string of the molecule is Cc1cc(CN(C)C(=O)C2CCS(=O)(=O)CC2)no1. The maximum absolute atomic E-state index is 12.2.